The molecule has 1 aromatic rings. The first-order valence-electron chi connectivity index (χ1n) is 4.98. The summed E-state index contributed by atoms with van der Waals surface area (Å²) in [6.07, 6.45) is 0. The van der Waals surface area contributed by atoms with E-state index in [0.29, 0.717) is 6.54 Å². The van der Waals surface area contributed by atoms with E-state index in [2.05, 4.69) is 24.4 Å². The van der Waals surface area contributed by atoms with Crippen LogP contribution in [0.15, 0.2) is 12.1 Å². The molecule has 3 N–H and O–H groups in total. The van der Waals surface area contributed by atoms with Crippen LogP contribution < -0.4 is 11.1 Å². The van der Waals surface area contributed by atoms with E-state index in [9.17, 15) is 4.79 Å². The molecule has 0 saturated heterocycles. The van der Waals surface area contributed by atoms with E-state index in [0.717, 1.165) is 6.54 Å². The number of nitrogens with two attached hydrogens (primary N) is 1. The fraction of sp³-hybridized carbons (Fsp3) is 0.545. The number of amides is 1. The van der Waals surface area contributed by atoms with Gasteiger partial charge in [-0.2, -0.15) is 0 Å². The predicted molar refractivity (Wildman–Crippen MR) is 63.7 cm³/mol. The van der Waals surface area contributed by atoms with Gasteiger partial charge in [0.2, 0.25) is 5.91 Å². The van der Waals surface area contributed by atoms with Crippen molar-refractivity contribution >= 4 is 17.2 Å². The molecule has 0 aliphatic rings. The Labute approximate surface area is 94.7 Å². The van der Waals surface area contributed by atoms with Gasteiger partial charge in [-0.25, -0.2) is 0 Å². The third-order valence-electron chi connectivity index (χ3n) is 2.33. The Morgan fingerprint density at radius 3 is 2.67 bits per heavy atom. The molecule has 1 heterocycles. The minimum Gasteiger partial charge on any atom is -0.369 e. The topological polar surface area (TPSA) is 55.1 Å². The molecule has 0 fully saturated rings. The van der Waals surface area contributed by atoms with Crippen LogP contribution >= 0.6 is 11.3 Å². The normalized spacial score (nSPS) is 11.7. The van der Waals surface area contributed by atoms with Gasteiger partial charge >= 0.3 is 0 Å². The first-order valence-corrected chi connectivity index (χ1v) is 5.79. The lowest BCUT2D eigenvalue weighted by molar-refractivity contribution is -0.125. The molecule has 0 radical (unpaired) electrons. The Balaban J connectivity index is 2.36. The minimum atomic E-state index is -0.480. The van der Waals surface area contributed by atoms with Crippen LogP contribution in [0.3, 0.4) is 0 Å². The summed E-state index contributed by atoms with van der Waals surface area (Å²) in [5.74, 6) is -0.266. The highest BCUT2D eigenvalue weighted by Gasteiger charge is 2.23. The van der Waals surface area contributed by atoms with Crippen LogP contribution in [0, 0.1) is 12.3 Å². The second-order valence-corrected chi connectivity index (χ2v) is 5.74. The lowest BCUT2D eigenvalue weighted by Gasteiger charge is -2.20. The molecule has 15 heavy (non-hydrogen) atoms. The highest BCUT2D eigenvalue weighted by atomic mass is 32.1. The SMILES string of the molecule is Cc1ccc(CNCC(C)(C)C(N)=O)s1. The molecule has 0 saturated carbocycles. The molecule has 0 spiro atoms. The zero-order valence-electron chi connectivity index (χ0n) is 9.46. The number of hydrogen-bond acceptors (Lipinski definition) is 3. The summed E-state index contributed by atoms with van der Waals surface area (Å²) in [4.78, 5) is 13.6. The Morgan fingerprint density at radius 1 is 1.53 bits per heavy atom. The number of thiophene rings is 1. The van der Waals surface area contributed by atoms with Gasteiger partial charge in [0.15, 0.2) is 0 Å². The Kier molecular flexibility index (Phi) is 3.88. The van der Waals surface area contributed by atoms with Gasteiger partial charge in [-0.1, -0.05) is 0 Å². The molecule has 0 unspecified atom stereocenters. The highest BCUT2D eigenvalue weighted by Crippen LogP contribution is 2.16. The zero-order valence-corrected chi connectivity index (χ0v) is 10.3. The Bertz CT molecular complexity index is 344. The van der Waals surface area contributed by atoms with Crippen LogP contribution in [0.25, 0.3) is 0 Å². The van der Waals surface area contributed by atoms with Crippen molar-refractivity contribution in [2.45, 2.75) is 27.3 Å². The van der Waals surface area contributed by atoms with Crippen LogP contribution in [-0.4, -0.2) is 12.5 Å². The summed E-state index contributed by atoms with van der Waals surface area (Å²) < 4.78 is 0. The van der Waals surface area contributed by atoms with Crippen molar-refractivity contribution in [1.82, 2.24) is 5.32 Å². The van der Waals surface area contributed by atoms with Gasteiger partial charge in [0.1, 0.15) is 0 Å². The maximum Gasteiger partial charge on any atom is 0.224 e. The third-order valence-corrected chi connectivity index (χ3v) is 3.33. The lowest BCUT2D eigenvalue weighted by atomic mass is 9.93. The summed E-state index contributed by atoms with van der Waals surface area (Å²) in [7, 11) is 0. The van der Waals surface area contributed by atoms with Crippen LogP contribution in [0.2, 0.25) is 0 Å². The molecule has 0 aliphatic carbocycles. The maximum absolute atomic E-state index is 11.1. The Morgan fingerprint density at radius 2 is 2.20 bits per heavy atom. The van der Waals surface area contributed by atoms with Crippen LogP contribution in [0.4, 0.5) is 0 Å². The number of primary amides is 1. The van der Waals surface area contributed by atoms with E-state index >= 15 is 0 Å². The fourth-order valence-electron chi connectivity index (χ4n) is 1.17. The van der Waals surface area contributed by atoms with Crippen molar-refractivity contribution in [2.75, 3.05) is 6.54 Å². The molecule has 1 amide bonds. The molecule has 0 aromatic carbocycles. The smallest absolute Gasteiger partial charge is 0.224 e. The molecule has 0 atom stereocenters. The van der Waals surface area contributed by atoms with E-state index < -0.39 is 5.41 Å². The summed E-state index contributed by atoms with van der Waals surface area (Å²) >= 11 is 1.77. The van der Waals surface area contributed by atoms with Gasteiger partial charge in [-0.05, 0) is 32.9 Å². The average Bonchev–Trinajstić information content (AvgIpc) is 2.51. The van der Waals surface area contributed by atoms with Crippen LogP contribution in [0.5, 0.6) is 0 Å². The maximum atomic E-state index is 11.1. The fourth-order valence-corrected chi connectivity index (χ4v) is 2.03. The average molecular weight is 226 g/mol. The van der Waals surface area contributed by atoms with Crippen molar-refractivity contribution in [1.29, 1.82) is 0 Å². The van der Waals surface area contributed by atoms with Crippen molar-refractivity contribution in [2.24, 2.45) is 11.1 Å². The van der Waals surface area contributed by atoms with E-state index in [1.54, 1.807) is 11.3 Å². The van der Waals surface area contributed by atoms with Gasteiger partial charge in [0.25, 0.3) is 0 Å². The molecule has 0 aliphatic heterocycles. The number of carbonyl (C=O) groups excluding carboxylic acids is 1. The van der Waals surface area contributed by atoms with Gasteiger partial charge in [-0.15, -0.1) is 11.3 Å². The highest BCUT2D eigenvalue weighted by molar-refractivity contribution is 7.11. The van der Waals surface area contributed by atoms with Gasteiger partial charge in [0, 0.05) is 22.8 Å². The van der Waals surface area contributed by atoms with Crippen molar-refractivity contribution in [3.8, 4) is 0 Å². The van der Waals surface area contributed by atoms with E-state index in [-0.39, 0.29) is 5.91 Å². The van der Waals surface area contributed by atoms with Crippen molar-refractivity contribution in [3.63, 3.8) is 0 Å². The molecular formula is C11H18N2OS. The second kappa shape index (κ2) is 4.77. The van der Waals surface area contributed by atoms with E-state index in [1.165, 1.54) is 9.75 Å². The molecule has 3 nitrogen and oxygen atoms in total. The number of hydrogen-bond donors (Lipinski definition) is 2. The summed E-state index contributed by atoms with van der Waals surface area (Å²) in [5, 5.41) is 3.25. The summed E-state index contributed by atoms with van der Waals surface area (Å²) in [6, 6.07) is 4.20. The minimum absolute atomic E-state index is 0.266. The molecular weight excluding hydrogens is 208 g/mol. The molecule has 84 valence electrons. The van der Waals surface area contributed by atoms with Crippen molar-refractivity contribution < 1.29 is 4.79 Å². The van der Waals surface area contributed by atoms with Crippen LogP contribution in [0.1, 0.15) is 23.6 Å². The van der Waals surface area contributed by atoms with Crippen molar-refractivity contribution in [3.05, 3.63) is 21.9 Å². The zero-order chi connectivity index (χ0) is 11.5. The second-order valence-electron chi connectivity index (χ2n) is 4.36. The third kappa shape index (κ3) is 3.64. The van der Waals surface area contributed by atoms with Crippen LogP contribution in [-0.2, 0) is 11.3 Å². The first-order chi connectivity index (χ1) is 6.92. The molecule has 4 heteroatoms. The Hall–Kier alpha value is -0.870. The monoisotopic (exact) mass is 226 g/mol. The molecule has 0 bridgehead atoms. The largest absolute Gasteiger partial charge is 0.369 e. The number of carbonyl (C=O) groups is 1. The lowest BCUT2D eigenvalue weighted by Crippen LogP contribution is -2.40. The summed E-state index contributed by atoms with van der Waals surface area (Å²) in [5.41, 5.74) is 4.80. The number of nitrogens with one attached hydrogen (secondary N) is 1. The quantitative estimate of drug-likeness (QED) is 0.802. The standard InChI is InChI=1S/C11H18N2OS/c1-8-4-5-9(15-8)6-13-7-11(2,3)10(12)14/h4-5,13H,6-7H2,1-3H3,(H2,12,14). The van der Waals surface area contributed by atoms with Gasteiger partial charge < -0.3 is 11.1 Å². The van der Waals surface area contributed by atoms with Gasteiger partial charge in [-0.3, -0.25) is 4.79 Å². The predicted octanol–water partition coefficient (Wildman–Crippen LogP) is 1.66. The molecule has 1 aromatic heterocycles. The number of aryl methyl sites for hydroxylation is 1. The first kappa shape index (κ1) is 12.2. The van der Waals surface area contributed by atoms with Gasteiger partial charge in [0.05, 0.1) is 5.41 Å². The molecule has 1 rings (SSSR count). The number of rotatable bonds is 5. The summed E-state index contributed by atoms with van der Waals surface area (Å²) in [6.45, 7) is 7.19. The van der Waals surface area contributed by atoms with E-state index in [1.807, 2.05) is 13.8 Å². The van der Waals surface area contributed by atoms with E-state index in [4.69, 9.17) is 5.73 Å².